The Morgan fingerprint density at radius 1 is 1.67 bits per heavy atom. The molecule has 1 aromatic rings. The lowest BCUT2D eigenvalue weighted by Crippen LogP contribution is -2.20. The van der Waals surface area contributed by atoms with E-state index in [-0.39, 0.29) is 5.78 Å². The fourth-order valence-corrected chi connectivity index (χ4v) is 0.896. The third kappa shape index (κ3) is 1.60. The molecule has 1 heterocycles. The number of ketones is 1. The van der Waals surface area contributed by atoms with Gasteiger partial charge >= 0.3 is 0 Å². The van der Waals surface area contributed by atoms with Crippen LogP contribution in [0, 0.1) is 0 Å². The molecule has 0 aliphatic heterocycles. The number of nitrogens with two attached hydrogens (primary N) is 2. The van der Waals surface area contributed by atoms with Gasteiger partial charge in [0.1, 0.15) is 0 Å². The number of carbonyl (C=O) groups is 1. The molecule has 4 nitrogen and oxygen atoms in total. The lowest BCUT2D eigenvalue weighted by Gasteiger charge is -2.09. The number of rotatable bonds is 2. The maximum atomic E-state index is 10.9. The SMILES string of the molecule is CC(=O)C(N)c1cnccc1N. The summed E-state index contributed by atoms with van der Waals surface area (Å²) in [4.78, 5) is 14.7. The van der Waals surface area contributed by atoms with Crippen molar-refractivity contribution in [3.05, 3.63) is 24.0 Å². The van der Waals surface area contributed by atoms with Gasteiger partial charge in [-0.2, -0.15) is 0 Å². The van der Waals surface area contributed by atoms with Crippen LogP contribution in [0.1, 0.15) is 18.5 Å². The van der Waals surface area contributed by atoms with E-state index in [2.05, 4.69) is 4.98 Å². The number of Topliss-reactive ketones (excluding diaryl/α,β-unsaturated/α-hetero) is 1. The molecule has 1 aromatic heterocycles. The number of aromatic nitrogens is 1. The molecule has 1 atom stereocenters. The molecule has 0 fully saturated rings. The molecular weight excluding hydrogens is 154 g/mol. The van der Waals surface area contributed by atoms with E-state index >= 15 is 0 Å². The Hall–Kier alpha value is -1.42. The van der Waals surface area contributed by atoms with E-state index in [0.717, 1.165) is 0 Å². The number of hydrogen-bond donors (Lipinski definition) is 2. The van der Waals surface area contributed by atoms with Gasteiger partial charge in [-0.05, 0) is 13.0 Å². The van der Waals surface area contributed by atoms with Crippen molar-refractivity contribution in [2.45, 2.75) is 13.0 Å². The fraction of sp³-hybridized carbons (Fsp3) is 0.250. The van der Waals surface area contributed by atoms with Crippen molar-refractivity contribution in [1.29, 1.82) is 0 Å². The molecule has 0 amide bonds. The first-order valence-corrected chi connectivity index (χ1v) is 3.58. The maximum Gasteiger partial charge on any atom is 0.151 e. The fourth-order valence-electron chi connectivity index (χ4n) is 0.896. The molecule has 0 radical (unpaired) electrons. The van der Waals surface area contributed by atoms with Crippen molar-refractivity contribution in [2.75, 3.05) is 5.73 Å². The van der Waals surface area contributed by atoms with Crippen LogP contribution in [0.5, 0.6) is 0 Å². The molecule has 4 heteroatoms. The predicted octanol–water partition coefficient (Wildman–Crippen LogP) is 0.253. The van der Waals surface area contributed by atoms with Crippen molar-refractivity contribution < 1.29 is 4.79 Å². The molecule has 0 spiro atoms. The van der Waals surface area contributed by atoms with Crippen molar-refractivity contribution in [2.24, 2.45) is 5.73 Å². The highest BCUT2D eigenvalue weighted by molar-refractivity contribution is 5.84. The van der Waals surface area contributed by atoms with Crippen molar-refractivity contribution in [3.63, 3.8) is 0 Å². The number of pyridine rings is 1. The minimum Gasteiger partial charge on any atom is -0.398 e. The standard InChI is InChI=1S/C8H11N3O/c1-5(12)8(10)6-4-11-3-2-7(6)9/h2-4,8H,10H2,1H3,(H2,9,11). The van der Waals surface area contributed by atoms with Crippen LogP contribution in [0.15, 0.2) is 18.5 Å². The number of hydrogen-bond acceptors (Lipinski definition) is 4. The molecular formula is C8H11N3O. The quantitative estimate of drug-likeness (QED) is 0.658. The van der Waals surface area contributed by atoms with Gasteiger partial charge < -0.3 is 11.5 Å². The van der Waals surface area contributed by atoms with Crippen LogP contribution in [0.3, 0.4) is 0 Å². The zero-order valence-electron chi connectivity index (χ0n) is 6.82. The number of nitrogen functional groups attached to an aromatic ring is 1. The third-order valence-corrected chi connectivity index (χ3v) is 1.66. The molecule has 0 aliphatic rings. The van der Waals surface area contributed by atoms with E-state index in [4.69, 9.17) is 11.5 Å². The van der Waals surface area contributed by atoms with Crippen molar-refractivity contribution in [1.82, 2.24) is 4.98 Å². The van der Waals surface area contributed by atoms with Gasteiger partial charge in [0, 0.05) is 23.6 Å². The first kappa shape index (κ1) is 8.67. The summed E-state index contributed by atoms with van der Waals surface area (Å²) < 4.78 is 0. The number of carbonyl (C=O) groups excluding carboxylic acids is 1. The average Bonchev–Trinajstić information content (AvgIpc) is 2.04. The smallest absolute Gasteiger partial charge is 0.151 e. The Bertz CT molecular complexity index is 298. The molecule has 0 saturated heterocycles. The summed E-state index contributed by atoms with van der Waals surface area (Å²) in [5.41, 5.74) is 12.3. The Morgan fingerprint density at radius 3 is 2.83 bits per heavy atom. The zero-order chi connectivity index (χ0) is 9.14. The largest absolute Gasteiger partial charge is 0.398 e. The minimum absolute atomic E-state index is 0.116. The highest BCUT2D eigenvalue weighted by Gasteiger charge is 2.13. The van der Waals surface area contributed by atoms with Crippen molar-refractivity contribution in [3.8, 4) is 0 Å². The van der Waals surface area contributed by atoms with E-state index < -0.39 is 6.04 Å². The normalized spacial score (nSPS) is 12.5. The Kier molecular flexibility index (Phi) is 2.40. The second kappa shape index (κ2) is 3.32. The van der Waals surface area contributed by atoms with Gasteiger partial charge in [-0.25, -0.2) is 0 Å². The molecule has 64 valence electrons. The molecule has 0 saturated carbocycles. The van der Waals surface area contributed by atoms with E-state index in [1.807, 2.05) is 0 Å². The average molecular weight is 165 g/mol. The number of nitrogens with zero attached hydrogens (tertiary/aromatic N) is 1. The summed E-state index contributed by atoms with van der Waals surface area (Å²) in [6, 6.07) is 0.969. The molecule has 1 rings (SSSR count). The summed E-state index contributed by atoms with van der Waals surface area (Å²) >= 11 is 0. The Balaban J connectivity index is 3.02. The summed E-state index contributed by atoms with van der Waals surface area (Å²) in [5, 5.41) is 0. The molecule has 1 unspecified atom stereocenters. The molecule has 12 heavy (non-hydrogen) atoms. The van der Waals surface area contributed by atoms with Crippen molar-refractivity contribution >= 4 is 11.5 Å². The summed E-state index contributed by atoms with van der Waals surface area (Å²) in [6.45, 7) is 1.43. The lowest BCUT2D eigenvalue weighted by molar-refractivity contribution is -0.118. The van der Waals surface area contributed by atoms with Gasteiger partial charge in [0.25, 0.3) is 0 Å². The van der Waals surface area contributed by atoms with Gasteiger partial charge in [-0.15, -0.1) is 0 Å². The van der Waals surface area contributed by atoms with Gasteiger partial charge in [0.15, 0.2) is 5.78 Å². The maximum absolute atomic E-state index is 10.9. The van der Waals surface area contributed by atoms with Gasteiger partial charge in [-0.1, -0.05) is 0 Å². The van der Waals surface area contributed by atoms with Crippen LogP contribution < -0.4 is 11.5 Å². The predicted molar refractivity (Wildman–Crippen MR) is 46.3 cm³/mol. The van der Waals surface area contributed by atoms with Crippen LogP contribution in [-0.4, -0.2) is 10.8 Å². The topological polar surface area (TPSA) is 82.0 Å². The van der Waals surface area contributed by atoms with Crippen LogP contribution in [0.2, 0.25) is 0 Å². The van der Waals surface area contributed by atoms with Crippen LogP contribution in [-0.2, 0) is 4.79 Å². The highest BCUT2D eigenvalue weighted by atomic mass is 16.1. The molecule has 0 aliphatic carbocycles. The second-order valence-electron chi connectivity index (χ2n) is 2.59. The first-order valence-electron chi connectivity index (χ1n) is 3.58. The lowest BCUT2D eigenvalue weighted by atomic mass is 10.1. The minimum atomic E-state index is -0.654. The monoisotopic (exact) mass is 165 g/mol. The van der Waals surface area contributed by atoms with Crippen LogP contribution in [0.4, 0.5) is 5.69 Å². The zero-order valence-corrected chi connectivity index (χ0v) is 6.82. The van der Waals surface area contributed by atoms with E-state index in [1.54, 1.807) is 12.3 Å². The summed E-state index contributed by atoms with van der Waals surface area (Å²) in [7, 11) is 0. The molecule has 0 aromatic carbocycles. The summed E-state index contributed by atoms with van der Waals surface area (Å²) in [6.07, 6.45) is 3.08. The van der Waals surface area contributed by atoms with Gasteiger partial charge in [-0.3, -0.25) is 9.78 Å². The first-order chi connectivity index (χ1) is 5.63. The van der Waals surface area contributed by atoms with E-state index in [9.17, 15) is 4.79 Å². The summed E-state index contributed by atoms with van der Waals surface area (Å²) in [5.74, 6) is -0.116. The third-order valence-electron chi connectivity index (χ3n) is 1.66. The molecule has 0 bridgehead atoms. The Morgan fingerprint density at radius 2 is 2.33 bits per heavy atom. The van der Waals surface area contributed by atoms with E-state index in [1.165, 1.54) is 13.1 Å². The highest BCUT2D eigenvalue weighted by Crippen LogP contribution is 2.16. The van der Waals surface area contributed by atoms with Gasteiger partial charge in [0.2, 0.25) is 0 Å². The second-order valence-corrected chi connectivity index (χ2v) is 2.59. The van der Waals surface area contributed by atoms with Crippen LogP contribution in [0.25, 0.3) is 0 Å². The number of anilines is 1. The molecule has 4 N–H and O–H groups in total. The van der Waals surface area contributed by atoms with Crippen LogP contribution >= 0.6 is 0 Å². The van der Waals surface area contributed by atoms with E-state index in [0.29, 0.717) is 11.3 Å². The Labute approximate surface area is 70.6 Å². The van der Waals surface area contributed by atoms with Gasteiger partial charge in [0.05, 0.1) is 6.04 Å².